The molecule has 0 unspecified atom stereocenters. The van der Waals surface area contributed by atoms with E-state index in [1.54, 1.807) is 6.92 Å². The molecule has 6 aliphatic rings. The second-order valence-corrected chi connectivity index (χ2v) is 16.9. The minimum absolute atomic E-state index is 0.0120. The Kier molecular flexibility index (Phi) is 6.76. The second-order valence-electron chi connectivity index (χ2n) is 16.9. The van der Waals surface area contributed by atoms with Gasteiger partial charge in [-0.2, -0.15) is 0 Å². The van der Waals surface area contributed by atoms with E-state index >= 15 is 0 Å². The summed E-state index contributed by atoms with van der Waals surface area (Å²) in [5, 5.41) is 3.34. The van der Waals surface area contributed by atoms with Crippen molar-refractivity contribution >= 4 is 17.7 Å². The number of esters is 1. The van der Waals surface area contributed by atoms with E-state index in [0.717, 1.165) is 57.1 Å². The molecule has 0 aromatic heterocycles. The van der Waals surface area contributed by atoms with Crippen molar-refractivity contribution in [2.45, 2.75) is 132 Å². The van der Waals surface area contributed by atoms with Crippen molar-refractivity contribution in [3.63, 3.8) is 0 Å². The van der Waals surface area contributed by atoms with Crippen molar-refractivity contribution in [1.29, 1.82) is 0 Å². The van der Waals surface area contributed by atoms with Crippen molar-refractivity contribution < 1.29 is 19.1 Å². The summed E-state index contributed by atoms with van der Waals surface area (Å²) < 4.78 is 5.92. The standard InChI is InChI=1S/C36H55NO4/c1-21(2)29-25(39)19-36(31(40)37-20-23-9-10-23)18-17-34(7)24(30(29)36)11-12-27-33(6)15-14-28(41-22(3)38)32(4,5)26(33)13-16-35(27,34)8/h21,23-24,26-28H,9-20H2,1-8H3,(H,37,40)/t24-,26+,27-,28+,33+,34-,35-,36-/m1/s1. The van der Waals surface area contributed by atoms with E-state index in [0.29, 0.717) is 30.1 Å². The van der Waals surface area contributed by atoms with E-state index < -0.39 is 5.41 Å². The van der Waals surface area contributed by atoms with Crippen LogP contribution in [0.1, 0.15) is 126 Å². The van der Waals surface area contributed by atoms with E-state index in [1.165, 1.54) is 24.8 Å². The van der Waals surface area contributed by atoms with Gasteiger partial charge in [0.25, 0.3) is 0 Å². The van der Waals surface area contributed by atoms with Crippen LogP contribution in [0.4, 0.5) is 0 Å². The molecular formula is C36H55NO4. The van der Waals surface area contributed by atoms with Crippen LogP contribution in [0.5, 0.6) is 0 Å². The molecule has 5 nitrogen and oxygen atoms in total. The summed E-state index contributed by atoms with van der Waals surface area (Å²) in [5.74, 6) is 2.38. The number of Topliss-reactive ketones (excluding diaryl/α,β-unsaturated/α-hetero) is 1. The van der Waals surface area contributed by atoms with Crippen molar-refractivity contribution in [2.75, 3.05) is 6.54 Å². The predicted molar refractivity (Wildman–Crippen MR) is 161 cm³/mol. The van der Waals surface area contributed by atoms with E-state index in [-0.39, 0.29) is 51.3 Å². The van der Waals surface area contributed by atoms with Crippen LogP contribution in [0.25, 0.3) is 0 Å². The third-order valence-electron chi connectivity index (χ3n) is 14.4. The summed E-state index contributed by atoms with van der Waals surface area (Å²) in [6.45, 7) is 19.0. The minimum Gasteiger partial charge on any atom is -0.462 e. The fourth-order valence-electron chi connectivity index (χ4n) is 12.0. The zero-order chi connectivity index (χ0) is 29.8. The van der Waals surface area contributed by atoms with E-state index in [1.807, 2.05) is 0 Å². The maximum absolute atomic E-state index is 14.1. The summed E-state index contributed by atoms with van der Waals surface area (Å²) in [6, 6.07) is 0. The number of hydrogen-bond donors (Lipinski definition) is 1. The Morgan fingerprint density at radius 2 is 1.59 bits per heavy atom. The molecule has 228 valence electrons. The van der Waals surface area contributed by atoms with Crippen LogP contribution in [0, 0.1) is 56.7 Å². The summed E-state index contributed by atoms with van der Waals surface area (Å²) in [5.41, 5.74) is 1.95. The molecule has 0 aliphatic heterocycles. The van der Waals surface area contributed by atoms with Crippen LogP contribution in [0.3, 0.4) is 0 Å². The summed E-state index contributed by atoms with van der Waals surface area (Å²) >= 11 is 0. The lowest BCUT2D eigenvalue weighted by atomic mass is 9.33. The first-order valence-electron chi connectivity index (χ1n) is 16.8. The molecule has 6 aliphatic carbocycles. The Hall–Kier alpha value is -1.65. The third-order valence-corrected chi connectivity index (χ3v) is 14.4. The number of carbonyl (C=O) groups excluding carboxylic acids is 3. The van der Waals surface area contributed by atoms with Gasteiger partial charge in [0.2, 0.25) is 5.91 Å². The van der Waals surface area contributed by atoms with Gasteiger partial charge in [-0.25, -0.2) is 0 Å². The molecular weight excluding hydrogens is 510 g/mol. The molecule has 5 heteroatoms. The number of amides is 1. The van der Waals surface area contributed by atoms with Crippen LogP contribution in [0.2, 0.25) is 0 Å². The molecule has 1 N–H and O–H groups in total. The van der Waals surface area contributed by atoms with Gasteiger partial charge >= 0.3 is 5.97 Å². The molecule has 5 saturated carbocycles. The normalized spacial score (nSPS) is 45.0. The topological polar surface area (TPSA) is 72.5 Å². The molecule has 0 spiro atoms. The van der Waals surface area contributed by atoms with Crippen LogP contribution in [0.15, 0.2) is 11.1 Å². The maximum Gasteiger partial charge on any atom is 0.302 e. The molecule has 0 aromatic rings. The third kappa shape index (κ3) is 4.01. The number of nitrogens with one attached hydrogen (secondary N) is 1. The molecule has 6 rings (SSSR count). The predicted octanol–water partition coefficient (Wildman–Crippen LogP) is 7.43. The molecule has 0 radical (unpaired) electrons. The Bertz CT molecular complexity index is 1180. The zero-order valence-electron chi connectivity index (χ0n) is 27.1. The highest BCUT2D eigenvalue weighted by Crippen LogP contribution is 2.76. The highest BCUT2D eigenvalue weighted by atomic mass is 16.5. The summed E-state index contributed by atoms with van der Waals surface area (Å²) in [4.78, 5) is 39.8. The van der Waals surface area contributed by atoms with Gasteiger partial charge in [0.15, 0.2) is 5.78 Å². The van der Waals surface area contributed by atoms with Gasteiger partial charge in [-0.1, -0.05) is 48.5 Å². The number of ketones is 1. The number of hydrogen-bond acceptors (Lipinski definition) is 4. The van der Waals surface area contributed by atoms with Crippen LogP contribution in [-0.4, -0.2) is 30.3 Å². The summed E-state index contributed by atoms with van der Waals surface area (Å²) in [6.07, 6.45) is 11.2. The van der Waals surface area contributed by atoms with Gasteiger partial charge in [-0.15, -0.1) is 0 Å². The Labute approximate surface area is 248 Å². The van der Waals surface area contributed by atoms with Gasteiger partial charge < -0.3 is 10.1 Å². The van der Waals surface area contributed by atoms with Gasteiger partial charge in [-0.3, -0.25) is 14.4 Å². The number of ether oxygens (including phenoxy) is 1. The largest absolute Gasteiger partial charge is 0.462 e. The van der Waals surface area contributed by atoms with Gasteiger partial charge in [0.1, 0.15) is 6.10 Å². The quantitative estimate of drug-likeness (QED) is 0.352. The van der Waals surface area contributed by atoms with Crippen molar-refractivity contribution in [2.24, 2.45) is 56.7 Å². The van der Waals surface area contributed by atoms with Crippen molar-refractivity contribution in [1.82, 2.24) is 5.32 Å². The lowest BCUT2D eigenvalue weighted by Gasteiger charge is -2.72. The fourth-order valence-corrected chi connectivity index (χ4v) is 12.0. The first kappa shape index (κ1) is 29.4. The van der Waals surface area contributed by atoms with Gasteiger partial charge in [0.05, 0.1) is 5.41 Å². The lowest BCUT2D eigenvalue weighted by molar-refractivity contribution is -0.232. The highest BCUT2D eigenvalue weighted by molar-refractivity contribution is 6.06. The number of fused-ring (bicyclic) bond motifs is 7. The van der Waals surface area contributed by atoms with Crippen molar-refractivity contribution in [3.05, 3.63) is 11.1 Å². The monoisotopic (exact) mass is 565 g/mol. The maximum atomic E-state index is 14.1. The highest BCUT2D eigenvalue weighted by Gasteiger charge is 2.71. The molecule has 0 heterocycles. The first-order valence-corrected chi connectivity index (χ1v) is 16.8. The zero-order valence-corrected chi connectivity index (χ0v) is 27.1. The lowest BCUT2D eigenvalue weighted by Crippen LogP contribution is -2.66. The molecule has 0 saturated heterocycles. The SMILES string of the molecule is CC(=O)O[C@H]1CC[C@]2(C)[C@H]3CC[C@@H]4C5=C(C(C)C)C(=O)C[C@]5(C(=O)NCC5CC5)CC[C@@]4(C)[C@]3(C)CC[C@H]2C1(C)C. The Balaban J connectivity index is 1.37. The van der Waals surface area contributed by atoms with Crippen molar-refractivity contribution in [3.8, 4) is 0 Å². The van der Waals surface area contributed by atoms with Crippen LogP contribution in [-0.2, 0) is 19.1 Å². The molecule has 41 heavy (non-hydrogen) atoms. The van der Waals surface area contributed by atoms with Gasteiger partial charge in [-0.05, 0) is 121 Å². The number of allylic oxidation sites excluding steroid dienone is 1. The second kappa shape index (κ2) is 9.42. The van der Waals surface area contributed by atoms with Crippen LogP contribution >= 0.6 is 0 Å². The summed E-state index contributed by atoms with van der Waals surface area (Å²) in [7, 11) is 0. The molecule has 8 atom stereocenters. The van der Waals surface area contributed by atoms with E-state index in [4.69, 9.17) is 4.74 Å². The molecule has 1 amide bonds. The molecule has 0 bridgehead atoms. The average molecular weight is 566 g/mol. The Morgan fingerprint density at radius 1 is 0.878 bits per heavy atom. The minimum atomic E-state index is -0.635. The average Bonchev–Trinajstić information content (AvgIpc) is 3.65. The molecule has 5 fully saturated rings. The van der Waals surface area contributed by atoms with E-state index in [2.05, 4.69) is 53.8 Å². The smallest absolute Gasteiger partial charge is 0.302 e. The number of carbonyl (C=O) groups is 3. The van der Waals surface area contributed by atoms with Gasteiger partial charge in [0, 0.05) is 25.3 Å². The molecule has 0 aromatic carbocycles. The fraction of sp³-hybridized carbons (Fsp3) is 0.861. The van der Waals surface area contributed by atoms with Crippen LogP contribution < -0.4 is 5.32 Å². The van der Waals surface area contributed by atoms with E-state index in [9.17, 15) is 14.4 Å². The number of rotatable bonds is 5. The first-order chi connectivity index (χ1) is 19.1. The Morgan fingerprint density at radius 3 is 2.22 bits per heavy atom.